The van der Waals surface area contributed by atoms with E-state index in [0.717, 1.165) is 15.0 Å². The van der Waals surface area contributed by atoms with E-state index in [2.05, 4.69) is 32.9 Å². The molecule has 0 fully saturated rings. The number of pyridine rings is 1. The standard InChI is InChI=1S/C23H23IN2O3/c1-15(28-3)14-19-8-13-22(16(2)25-19)23(27)26-18-6-11-21(12-7-18)29-20-9-4-17(24)5-10-20/h4-13,15H,14H2,1-3H3,(H,26,27). The number of rotatable bonds is 7. The summed E-state index contributed by atoms with van der Waals surface area (Å²) < 4.78 is 12.2. The van der Waals surface area contributed by atoms with Crippen LogP contribution in [0.15, 0.2) is 60.7 Å². The van der Waals surface area contributed by atoms with Gasteiger partial charge in [0.15, 0.2) is 0 Å². The fourth-order valence-corrected chi connectivity index (χ4v) is 3.15. The third-order valence-corrected chi connectivity index (χ3v) is 5.17. The molecule has 0 radical (unpaired) electrons. The highest BCUT2D eigenvalue weighted by molar-refractivity contribution is 14.1. The van der Waals surface area contributed by atoms with E-state index < -0.39 is 0 Å². The molecule has 6 heteroatoms. The summed E-state index contributed by atoms with van der Waals surface area (Å²) in [7, 11) is 1.68. The van der Waals surface area contributed by atoms with E-state index in [-0.39, 0.29) is 12.0 Å². The molecule has 3 aromatic rings. The second kappa shape index (κ2) is 9.84. The minimum absolute atomic E-state index is 0.0850. The Kier molecular flexibility index (Phi) is 7.22. The summed E-state index contributed by atoms with van der Waals surface area (Å²) in [4.78, 5) is 17.2. The Morgan fingerprint density at radius 3 is 2.24 bits per heavy atom. The van der Waals surface area contributed by atoms with Gasteiger partial charge in [-0.1, -0.05) is 0 Å². The van der Waals surface area contributed by atoms with Crippen LogP contribution in [0, 0.1) is 10.5 Å². The summed E-state index contributed by atoms with van der Waals surface area (Å²) >= 11 is 2.25. The number of carbonyl (C=O) groups is 1. The summed E-state index contributed by atoms with van der Waals surface area (Å²) in [5.74, 6) is 1.29. The van der Waals surface area contributed by atoms with Crippen molar-refractivity contribution in [3.63, 3.8) is 0 Å². The summed E-state index contributed by atoms with van der Waals surface area (Å²) in [6.07, 6.45) is 0.795. The van der Waals surface area contributed by atoms with Crippen LogP contribution in [0.25, 0.3) is 0 Å². The molecule has 150 valence electrons. The fourth-order valence-electron chi connectivity index (χ4n) is 2.79. The number of aryl methyl sites for hydroxylation is 1. The topological polar surface area (TPSA) is 60.5 Å². The SMILES string of the molecule is COC(C)Cc1ccc(C(=O)Nc2ccc(Oc3ccc(I)cc3)cc2)c(C)n1. The first-order valence-electron chi connectivity index (χ1n) is 9.29. The van der Waals surface area contributed by atoms with Crippen LogP contribution in [0.4, 0.5) is 5.69 Å². The first-order chi connectivity index (χ1) is 13.9. The van der Waals surface area contributed by atoms with Gasteiger partial charge in [0.1, 0.15) is 11.5 Å². The number of hydrogen-bond acceptors (Lipinski definition) is 4. The Bertz CT molecular complexity index is 972. The Labute approximate surface area is 184 Å². The molecule has 1 heterocycles. The first kappa shape index (κ1) is 21.3. The number of methoxy groups -OCH3 is 1. The highest BCUT2D eigenvalue weighted by Gasteiger charge is 2.12. The molecule has 3 rings (SSSR count). The van der Waals surface area contributed by atoms with Crippen LogP contribution in [0.1, 0.15) is 28.7 Å². The number of anilines is 1. The summed E-state index contributed by atoms with van der Waals surface area (Å²) in [5, 5.41) is 2.91. The molecule has 2 aromatic carbocycles. The Morgan fingerprint density at radius 2 is 1.66 bits per heavy atom. The lowest BCUT2D eigenvalue weighted by Gasteiger charge is -2.12. The second-order valence-corrected chi connectivity index (χ2v) is 7.97. The van der Waals surface area contributed by atoms with Crippen molar-refractivity contribution in [3.8, 4) is 11.5 Å². The van der Waals surface area contributed by atoms with Crippen LogP contribution in [-0.2, 0) is 11.2 Å². The molecule has 29 heavy (non-hydrogen) atoms. The van der Waals surface area contributed by atoms with E-state index >= 15 is 0 Å². The first-order valence-corrected chi connectivity index (χ1v) is 10.4. The maximum absolute atomic E-state index is 12.6. The van der Waals surface area contributed by atoms with Gasteiger partial charge in [0.05, 0.1) is 17.4 Å². The molecular weight excluding hydrogens is 479 g/mol. The molecule has 0 aliphatic carbocycles. The lowest BCUT2D eigenvalue weighted by molar-refractivity contribution is 0.102. The number of nitrogens with one attached hydrogen (secondary N) is 1. The maximum Gasteiger partial charge on any atom is 0.257 e. The van der Waals surface area contributed by atoms with Gasteiger partial charge in [-0.2, -0.15) is 0 Å². The number of benzene rings is 2. The van der Waals surface area contributed by atoms with E-state index in [9.17, 15) is 4.79 Å². The van der Waals surface area contributed by atoms with Crippen LogP contribution < -0.4 is 10.1 Å². The molecular formula is C23H23IN2O3. The minimum Gasteiger partial charge on any atom is -0.457 e. The van der Waals surface area contributed by atoms with Gasteiger partial charge in [0.25, 0.3) is 5.91 Å². The Morgan fingerprint density at radius 1 is 1.03 bits per heavy atom. The smallest absolute Gasteiger partial charge is 0.257 e. The van der Waals surface area contributed by atoms with E-state index in [1.54, 1.807) is 7.11 Å². The highest BCUT2D eigenvalue weighted by Crippen LogP contribution is 2.24. The number of nitrogens with zero attached hydrogens (tertiary/aromatic N) is 1. The average Bonchev–Trinajstić information content (AvgIpc) is 2.71. The van der Waals surface area contributed by atoms with Crippen molar-refractivity contribution in [1.82, 2.24) is 4.98 Å². The highest BCUT2D eigenvalue weighted by atomic mass is 127. The quantitative estimate of drug-likeness (QED) is 0.427. The summed E-state index contributed by atoms with van der Waals surface area (Å²) in [6.45, 7) is 3.83. The van der Waals surface area contributed by atoms with Crippen LogP contribution >= 0.6 is 22.6 Å². The molecule has 1 N–H and O–H groups in total. The fraction of sp³-hybridized carbons (Fsp3) is 0.217. The van der Waals surface area contributed by atoms with Crippen molar-refractivity contribution < 1.29 is 14.3 Å². The van der Waals surface area contributed by atoms with Crippen molar-refractivity contribution in [3.05, 3.63) is 81.2 Å². The maximum atomic E-state index is 12.6. The average molecular weight is 502 g/mol. The van der Waals surface area contributed by atoms with Gasteiger partial charge in [0, 0.05) is 28.5 Å². The monoisotopic (exact) mass is 502 g/mol. The van der Waals surface area contributed by atoms with Gasteiger partial charge in [-0.05, 0) is 97.1 Å². The van der Waals surface area contributed by atoms with Crippen molar-refractivity contribution >= 4 is 34.2 Å². The molecule has 1 unspecified atom stereocenters. The Hall–Kier alpha value is -2.45. The molecule has 1 atom stereocenters. The molecule has 1 aromatic heterocycles. The number of hydrogen-bond donors (Lipinski definition) is 1. The number of aromatic nitrogens is 1. The molecule has 0 bridgehead atoms. The number of halogens is 1. The molecule has 1 amide bonds. The van der Waals surface area contributed by atoms with Gasteiger partial charge in [-0.15, -0.1) is 0 Å². The zero-order valence-corrected chi connectivity index (χ0v) is 18.8. The lowest BCUT2D eigenvalue weighted by atomic mass is 10.1. The van der Waals surface area contributed by atoms with Crippen LogP contribution in [0.2, 0.25) is 0 Å². The summed E-state index contributed by atoms with van der Waals surface area (Å²) in [6, 6.07) is 18.8. The molecule has 0 aliphatic rings. The van der Waals surface area contributed by atoms with Crippen LogP contribution in [0.3, 0.4) is 0 Å². The van der Waals surface area contributed by atoms with Gasteiger partial charge >= 0.3 is 0 Å². The van der Waals surface area contributed by atoms with E-state index in [4.69, 9.17) is 9.47 Å². The normalized spacial score (nSPS) is 11.7. The second-order valence-electron chi connectivity index (χ2n) is 6.72. The third-order valence-electron chi connectivity index (χ3n) is 4.45. The lowest BCUT2D eigenvalue weighted by Crippen LogP contribution is -2.16. The third kappa shape index (κ3) is 6.01. The van der Waals surface area contributed by atoms with Gasteiger partial charge < -0.3 is 14.8 Å². The zero-order valence-electron chi connectivity index (χ0n) is 16.6. The number of ether oxygens (including phenoxy) is 2. The van der Waals surface area contributed by atoms with E-state index in [1.807, 2.05) is 74.5 Å². The molecule has 0 aliphatic heterocycles. The van der Waals surface area contributed by atoms with Gasteiger partial charge in [0.2, 0.25) is 0 Å². The largest absolute Gasteiger partial charge is 0.457 e. The van der Waals surface area contributed by atoms with Crippen molar-refractivity contribution in [2.24, 2.45) is 0 Å². The molecule has 0 spiro atoms. The van der Waals surface area contributed by atoms with Crippen LogP contribution in [0.5, 0.6) is 11.5 Å². The predicted molar refractivity (Wildman–Crippen MR) is 123 cm³/mol. The summed E-state index contributed by atoms with van der Waals surface area (Å²) in [5.41, 5.74) is 2.85. The van der Waals surface area contributed by atoms with Gasteiger partial charge in [-0.25, -0.2) is 0 Å². The minimum atomic E-state index is -0.187. The van der Waals surface area contributed by atoms with Crippen molar-refractivity contribution in [2.45, 2.75) is 26.4 Å². The zero-order chi connectivity index (χ0) is 20.8. The van der Waals surface area contributed by atoms with Crippen molar-refractivity contribution in [2.75, 3.05) is 12.4 Å². The van der Waals surface area contributed by atoms with E-state index in [1.165, 1.54) is 0 Å². The number of amides is 1. The Balaban J connectivity index is 1.63. The van der Waals surface area contributed by atoms with Gasteiger partial charge in [-0.3, -0.25) is 9.78 Å². The van der Waals surface area contributed by atoms with Crippen LogP contribution in [-0.4, -0.2) is 24.1 Å². The molecule has 0 saturated carbocycles. The molecule has 5 nitrogen and oxygen atoms in total. The number of carbonyl (C=O) groups excluding carboxylic acids is 1. The van der Waals surface area contributed by atoms with E-state index in [0.29, 0.717) is 29.1 Å². The molecule has 0 saturated heterocycles. The predicted octanol–water partition coefficient (Wildman–Crippen LogP) is 5.62. The van der Waals surface area contributed by atoms with Crippen molar-refractivity contribution in [1.29, 1.82) is 0 Å².